The molecular weight excluding hydrogens is 528 g/mol. The van der Waals surface area contributed by atoms with Crippen LogP contribution in [0.5, 0.6) is 0 Å². The third-order valence-electron chi connectivity index (χ3n) is 4.20. The van der Waals surface area contributed by atoms with Gasteiger partial charge in [0.25, 0.3) is 0 Å². The number of fused-ring (bicyclic) bond motifs is 2. The summed E-state index contributed by atoms with van der Waals surface area (Å²) in [5.74, 6) is 5.53. The van der Waals surface area contributed by atoms with E-state index in [1.165, 1.54) is 21.4 Å². The number of benzene rings is 2. The second-order valence-corrected chi connectivity index (χ2v) is 29.1. The molecule has 1 aliphatic carbocycles. The molecule has 5 rings (SSSR count). The maximum absolute atomic E-state index is 12.7. The van der Waals surface area contributed by atoms with E-state index in [1.54, 1.807) is 6.07 Å². The fraction of sp³-hybridized carbons (Fsp3) is 0.294. The van der Waals surface area contributed by atoms with Gasteiger partial charge < -0.3 is 0 Å². The average Bonchev–Trinajstić information content (AvgIpc) is 3.34. The van der Waals surface area contributed by atoms with Gasteiger partial charge in [0, 0.05) is 0 Å². The van der Waals surface area contributed by atoms with E-state index in [-0.39, 0.29) is 5.43 Å². The second kappa shape index (κ2) is 7.65. The number of hydrogen-bond acceptors (Lipinski definition) is 7. The van der Waals surface area contributed by atoms with Crippen LogP contribution in [0.15, 0.2) is 33.5 Å². The van der Waals surface area contributed by atoms with Crippen LogP contribution in [-0.2, 0) is 0 Å². The topological polar surface area (TPSA) is 43.1 Å². The van der Waals surface area contributed by atoms with Crippen LogP contribution in [0, 0.1) is 6.92 Å². The van der Waals surface area contributed by atoms with Gasteiger partial charge in [-0.15, -0.1) is 0 Å². The zero-order valence-electron chi connectivity index (χ0n) is 13.9. The van der Waals surface area contributed by atoms with Crippen molar-refractivity contribution in [1.82, 2.24) is 4.98 Å². The Kier molecular flexibility index (Phi) is 5.41. The molecule has 2 fully saturated rings. The molecule has 4 aliphatic rings. The van der Waals surface area contributed by atoms with Crippen molar-refractivity contribution >= 4 is 84.6 Å². The minimum absolute atomic E-state index is 0.140. The van der Waals surface area contributed by atoms with E-state index in [0.29, 0.717) is 0 Å². The molecule has 2 saturated heterocycles. The third kappa shape index (κ3) is 3.21. The second-order valence-electron chi connectivity index (χ2n) is 5.90. The van der Waals surface area contributed by atoms with Crippen LogP contribution in [-0.4, -0.2) is 52.7 Å². The van der Waals surface area contributed by atoms with Crippen LogP contribution in [0.4, 0.5) is 0 Å². The predicted octanol–water partition coefficient (Wildman–Crippen LogP) is 2.95. The normalized spacial score (nSPS) is 19.1. The van der Waals surface area contributed by atoms with Crippen molar-refractivity contribution in [1.29, 1.82) is 0 Å². The van der Waals surface area contributed by atoms with Gasteiger partial charge in [0.1, 0.15) is 0 Å². The zero-order valence-corrected chi connectivity index (χ0v) is 20.9. The first-order valence-corrected chi connectivity index (χ1v) is 23.1. The van der Waals surface area contributed by atoms with Crippen LogP contribution in [0.3, 0.4) is 0 Å². The molecule has 134 valence electrons. The van der Waals surface area contributed by atoms with E-state index >= 15 is 0 Å². The summed E-state index contributed by atoms with van der Waals surface area (Å²) in [5, 5.41) is 0. The maximum atomic E-state index is 12.7. The van der Waals surface area contributed by atoms with Crippen molar-refractivity contribution in [3.8, 4) is 11.5 Å². The Balaban J connectivity index is 1.80. The first kappa shape index (κ1) is 18.4. The fourth-order valence-electron chi connectivity index (χ4n) is 3.02. The van der Waals surface area contributed by atoms with Gasteiger partial charge in [-0.05, 0) is 0 Å². The molecule has 1 aromatic rings. The average molecular weight is 543 g/mol. The van der Waals surface area contributed by atoms with E-state index in [4.69, 9.17) is 9.40 Å². The van der Waals surface area contributed by atoms with Gasteiger partial charge in [-0.1, -0.05) is 0 Å². The Morgan fingerprint density at radius 3 is 2.27 bits per heavy atom. The van der Waals surface area contributed by atoms with Gasteiger partial charge in [-0.25, -0.2) is 0 Å². The minimum atomic E-state index is -1.45. The van der Waals surface area contributed by atoms with Gasteiger partial charge >= 0.3 is 175 Å². The Labute approximate surface area is 174 Å². The first-order valence-electron chi connectivity index (χ1n) is 8.21. The molecule has 0 spiro atoms. The molecule has 0 N–H and O–H groups in total. The number of aryl methyl sites for hydroxylation is 1. The van der Waals surface area contributed by atoms with Crippen LogP contribution >= 0.6 is 40.1 Å². The third-order valence-corrected chi connectivity index (χ3v) is 31.7. The monoisotopic (exact) mass is 543 g/mol. The number of rotatable bonds is 2. The van der Waals surface area contributed by atoms with Crippen molar-refractivity contribution in [3.63, 3.8) is 0 Å². The van der Waals surface area contributed by atoms with Crippen molar-refractivity contribution in [2.45, 2.75) is 6.92 Å². The Morgan fingerprint density at radius 2 is 1.58 bits per heavy atom. The zero-order chi connectivity index (χ0) is 17.7. The van der Waals surface area contributed by atoms with E-state index in [2.05, 4.69) is 39.1 Å². The molecule has 0 unspecified atom stereocenters. The first-order chi connectivity index (χ1) is 12.7. The van der Waals surface area contributed by atoms with Gasteiger partial charge in [0.05, 0.1) is 0 Å². The molecule has 3 nitrogen and oxygen atoms in total. The van der Waals surface area contributed by atoms with Crippen LogP contribution in [0.1, 0.15) is 5.56 Å². The van der Waals surface area contributed by atoms with Gasteiger partial charge in [-0.2, -0.15) is 0 Å². The van der Waals surface area contributed by atoms with Crippen LogP contribution in [0.2, 0.25) is 0 Å². The van der Waals surface area contributed by atoms with Crippen LogP contribution in [0.25, 0.3) is 22.6 Å². The predicted molar refractivity (Wildman–Crippen MR) is 122 cm³/mol. The summed E-state index contributed by atoms with van der Waals surface area (Å²) in [6.45, 7) is 2.19. The van der Waals surface area contributed by atoms with Crippen molar-refractivity contribution < 1.29 is 4.42 Å². The van der Waals surface area contributed by atoms with Crippen molar-refractivity contribution in [2.75, 3.05) is 23.0 Å². The van der Waals surface area contributed by atoms with E-state index in [0.717, 1.165) is 38.4 Å². The SMILES string of the molecule is Cc1ccc2nc3ccc(=O)c([As]4SCCS4)c-3oc2c1[As]1SCCS1. The van der Waals surface area contributed by atoms with Gasteiger partial charge in [0.15, 0.2) is 0 Å². The summed E-state index contributed by atoms with van der Waals surface area (Å²) < 4.78 is 8.89. The molecule has 9 heteroatoms. The van der Waals surface area contributed by atoms with E-state index < -0.39 is 24.7 Å². The standard InChI is InChI=1S/C17H15As2NO2S4/c1-10-2-3-11-16(14(10)18-23-6-7-24-18)22-17-12(20-11)4-5-13(21)15(17)19-25-8-9-26-19/h2-5H,6-9H2,1H3. The number of nitrogens with zero attached hydrogens (tertiary/aromatic N) is 1. The molecule has 3 aliphatic heterocycles. The Bertz CT molecular complexity index is 1020. The molecule has 0 bridgehead atoms. The fourth-order valence-corrected chi connectivity index (χ4v) is 33.3. The molecule has 0 amide bonds. The van der Waals surface area contributed by atoms with Crippen LogP contribution < -0.4 is 14.1 Å². The molecule has 0 radical (unpaired) electrons. The Hall–Kier alpha value is 0.357. The number of hydrogen-bond donors (Lipinski definition) is 0. The summed E-state index contributed by atoms with van der Waals surface area (Å²) in [6.07, 6.45) is 0. The van der Waals surface area contributed by atoms with Gasteiger partial charge in [0.2, 0.25) is 0 Å². The summed E-state index contributed by atoms with van der Waals surface area (Å²) in [5.41, 5.74) is 4.15. The summed E-state index contributed by atoms with van der Waals surface area (Å²) in [4.78, 5) is 17.6. The summed E-state index contributed by atoms with van der Waals surface area (Å²) >= 11 is -2.67. The molecular formula is C17H15As2NO2S4. The number of aromatic nitrogens is 1. The van der Waals surface area contributed by atoms with Crippen molar-refractivity contribution in [2.24, 2.45) is 0 Å². The molecule has 0 saturated carbocycles. The van der Waals surface area contributed by atoms with Gasteiger partial charge in [-0.3, -0.25) is 0 Å². The summed E-state index contributed by atoms with van der Waals surface area (Å²) in [7, 11) is 8.21. The van der Waals surface area contributed by atoms with E-state index in [9.17, 15) is 4.79 Å². The summed E-state index contributed by atoms with van der Waals surface area (Å²) in [6, 6.07) is 7.77. The Morgan fingerprint density at radius 1 is 0.923 bits per heavy atom. The molecule has 1 aromatic carbocycles. The van der Waals surface area contributed by atoms with E-state index in [1.807, 2.05) is 26.1 Å². The molecule has 0 aromatic heterocycles. The molecule has 3 heterocycles. The molecule has 0 atom stereocenters. The molecule has 26 heavy (non-hydrogen) atoms. The van der Waals surface area contributed by atoms with Crippen molar-refractivity contribution in [3.05, 3.63) is 40.1 Å². The quantitative estimate of drug-likeness (QED) is 0.364.